The maximum Gasteiger partial charge on any atom is 0.411 e. The van der Waals surface area contributed by atoms with Crippen LogP contribution in [0.15, 0.2) is 27.2 Å². The number of alkyl halides is 4. The summed E-state index contributed by atoms with van der Waals surface area (Å²) in [6.45, 7) is 1.87. The van der Waals surface area contributed by atoms with Gasteiger partial charge in [-0.3, -0.25) is 5.32 Å². The van der Waals surface area contributed by atoms with Crippen LogP contribution in [0.4, 0.5) is 28.0 Å². The van der Waals surface area contributed by atoms with Crippen LogP contribution in [0.1, 0.15) is 69.7 Å². The van der Waals surface area contributed by atoms with Gasteiger partial charge >= 0.3 is 12.3 Å². The molecule has 1 aromatic heterocycles. The first-order valence-corrected chi connectivity index (χ1v) is 13.0. The molecular weight excluding hydrogens is 562 g/mol. The predicted octanol–water partition coefficient (Wildman–Crippen LogP) is 6.71. The quantitative estimate of drug-likeness (QED) is 0.377. The highest BCUT2D eigenvalue weighted by Crippen LogP contribution is 2.57. The van der Waals surface area contributed by atoms with E-state index in [1.54, 1.807) is 6.07 Å². The van der Waals surface area contributed by atoms with E-state index in [1.807, 2.05) is 0 Å². The van der Waals surface area contributed by atoms with E-state index in [0.717, 1.165) is 38.5 Å². The summed E-state index contributed by atoms with van der Waals surface area (Å²) in [5.74, 6) is 0.493. The number of fused-ring (bicyclic) bond motifs is 3. The topological polar surface area (TPSA) is 86.5 Å². The fourth-order valence-corrected chi connectivity index (χ4v) is 6.48. The Morgan fingerprint density at radius 1 is 1.11 bits per heavy atom. The lowest BCUT2D eigenvalue weighted by Gasteiger charge is -2.51. The van der Waals surface area contributed by atoms with Crippen LogP contribution in [-0.2, 0) is 26.0 Å². The lowest BCUT2D eigenvalue weighted by Crippen LogP contribution is -2.57. The molecule has 3 saturated carbocycles. The number of hydrogen-bond donors (Lipinski definition) is 1. The summed E-state index contributed by atoms with van der Waals surface area (Å²) < 4.78 is 72.0. The summed E-state index contributed by atoms with van der Waals surface area (Å²) in [6, 6.07) is 4.49. The highest BCUT2D eigenvalue weighted by Gasteiger charge is 2.62. The Morgan fingerprint density at radius 3 is 2.27 bits per heavy atom. The first kappa shape index (κ1) is 26.4. The van der Waals surface area contributed by atoms with Crippen molar-refractivity contribution in [3.05, 3.63) is 40.0 Å². The van der Waals surface area contributed by atoms with E-state index >= 15 is 0 Å². The Morgan fingerprint density at radius 2 is 1.76 bits per heavy atom. The number of anilines is 1. The minimum Gasteiger partial charge on any atom is -0.449 e. The van der Waals surface area contributed by atoms with Crippen LogP contribution in [0.5, 0.6) is 0 Å². The third-order valence-corrected chi connectivity index (χ3v) is 8.95. The highest BCUT2D eigenvalue weighted by molar-refractivity contribution is 9.10. The summed E-state index contributed by atoms with van der Waals surface area (Å²) in [5.41, 5.74) is -4.45. The van der Waals surface area contributed by atoms with Gasteiger partial charge in [-0.25, -0.2) is 9.18 Å². The second kappa shape index (κ2) is 8.93. The lowest BCUT2D eigenvalue weighted by molar-refractivity contribution is -0.262. The molecule has 1 amide bonds. The zero-order valence-electron chi connectivity index (χ0n) is 20.5. The standard InChI is InChI=1S/C25H28BrF4N3O4/c1-21(2,27)19-32-18(33-37-19)23-9-6-22(7-10-23,8-11-23)12-36-20(34)31-16-5-3-4-15(26)17(16)24(13-35-14-24)25(28,29)30/h3-5H,6-14H2,1-2H3,(H,31,34). The van der Waals surface area contributed by atoms with Crippen molar-refractivity contribution < 1.29 is 36.4 Å². The summed E-state index contributed by atoms with van der Waals surface area (Å²) >= 11 is 3.22. The van der Waals surface area contributed by atoms with Gasteiger partial charge < -0.3 is 14.0 Å². The molecule has 2 aromatic rings. The average Bonchev–Trinajstić information content (AvgIpc) is 3.31. The number of ether oxygens (including phenoxy) is 2. The largest absolute Gasteiger partial charge is 0.449 e. The third kappa shape index (κ3) is 4.53. The molecule has 202 valence electrons. The maximum absolute atomic E-state index is 14.2. The number of nitrogens with zero attached hydrogens (tertiary/aromatic N) is 2. The molecule has 1 aromatic carbocycles. The van der Waals surface area contributed by atoms with Gasteiger partial charge in [0, 0.05) is 26.6 Å². The lowest BCUT2D eigenvalue weighted by atomic mass is 9.53. The van der Waals surface area contributed by atoms with Crippen LogP contribution in [0, 0.1) is 5.41 Å². The van der Waals surface area contributed by atoms with Crippen molar-refractivity contribution >= 4 is 27.7 Å². The van der Waals surface area contributed by atoms with Crippen molar-refractivity contribution in [1.82, 2.24) is 10.1 Å². The second-order valence-corrected chi connectivity index (χ2v) is 12.0. The van der Waals surface area contributed by atoms with Crippen molar-refractivity contribution in [2.24, 2.45) is 5.41 Å². The van der Waals surface area contributed by atoms with E-state index in [9.17, 15) is 22.4 Å². The number of carbonyl (C=O) groups is 1. The van der Waals surface area contributed by atoms with Crippen LogP contribution in [0.2, 0.25) is 0 Å². The van der Waals surface area contributed by atoms with Gasteiger partial charge in [0.05, 0.1) is 19.8 Å². The zero-order valence-corrected chi connectivity index (χ0v) is 22.1. The van der Waals surface area contributed by atoms with E-state index in [1.165, 1.54) is 26.0 Å². The minimum atomic E-state index is -4.55. The molecule has 0 spiro atoms. The van der Waals surface area contributed by atoms with Crippen molar-refractivity contribution in [1.29, 1.82) is 0 Å². The van der Waals surface area contributed by atoms with E-state index in [2.05, 4.69) is 31.4 Å². The molecule has 37 heavy (non-hydrogen) atoms. The Kier molecular flexibility index (Phi) is 6.37. The molecular formula is C25H28BrF4N3O4. The predicted molar refractivity (Wildman–Crippen MR) is 128 cm³/mol. The number of nitrogens with one attached hydrogen (secondary N) is 1. The summed E-state index contributed by atoms with van der Waals surface area (Å²) in [6.07, 6.45) is -0.791. The first-order chi connectivity index (χ1) is 17.3. The molecule has 4 aliphatic rings. The fraction of sp³-hybridized carbons (Fsp3) is 0.640. The van der Waals surface area contributed by atoms with Crippen LogP contribution in [0.25, 0.3) is 0 Å². The van der Waals surface area contributed by atoms with Crippen LogP contribution in [0.3, 0.4) is 0 Å². The third-order valence-electron chi connectivity index (χ3n) is 8.29. The first-order valence-electron chi connectivity index (χ1n) is 12.2. The normalized spacial score (nSPS) is 27.0. The number of carbonyl (C=O) groups excluding carboxylic acids is 1. The van der Waals surface area contributed by atoms with E-state index in [-0.39, 0.29) is 39.1 Å². The van der Waals surface area contributed by atoms with E-state index in [4.69, 9.17) is 14.0 Å². The highest BCUT2D eigenvalue weighted by atomic mass is 79.9. The molecule has 4 fully saturated rings. The SMILES string of the molecule is CC(C)(F)c1nc(C23CCC(COC(=O)Nc4cccc(Br)c4C4(C(F)(F)F)COC4)(CC2)CC3)no1. The molecule has 12 heteroatoms. The van der Waals surface area contributed by atoms with Crippen molar-refractivity contribution in [2.75, 3.05) is 25.1 Å². The summed E-state index contributed by atoms with van der Waals surface area (Å²) in [4.78, 5) is 17.1. The van der Waals surface area contributed by atoms with Gasteiger partial charge in [0.2, 0.25) is 0 Å². The monoisotopic (exact) mass is 589 g/mol. The Bertz CT molecular complexity index is 1160. The van der Waals surface area contributed by atoms with Gasteiger partial charge in [0.1, 0.15) is 5.41 Å². The average molecular weight is 590 g/mol. The van der Waals surface area contributed by atoms with Crippen LogP contribution < -0.4 is 5.32 Å². The molecule has 1 N–H and O–H groups in total. The molecule has 1 saturated heterocycles. The summed E-state index contributed by atoms with van der Waals surface area (Å²) in [7, 11) is 0. The number of aromatic nitrogens is 2. The van der Waals surface area contributed by atoms with Crippen LogP contribution in [-0.4, -0.2) is 42.2 Å². The van der Waals surface area contributed by atoms with Gasteiger partial charge in [-0.05, 0) is 64.5 Å². The van der Waals surface area contributed by atoms with E-state index in [0.29, 0.717) is 5.82 Å². The Hall–Kier alpha value is -2.21. The van der Waals surface area contributed by atoms with Crippen LogP contribution >= 0.6 is 15.9 Å². The molecule has 2 bridgehead atoms. The number of hydrogen-bond acceptors (Lipinski definition) is 6. The van der Waals surface area contributed by atoms with Crippen molar-refractivity contribution in [3.8, 4) is 0 Å². The molecule has 0 radical (unpaired) electrons. The molecule has 2 heterocycles. The zero-order chi connectivity index (χ0) is 26.7. The Balaban J connectivity index is 1.24. The van der Waals surface area contributed by atoms with Crippen molar-refractivity contribution in [3.63, 3.8) is 0 Å². The van der Waals surface area contributed by atoms with E-state index < -0.39 is 36.6 Å². The smallest absolute Gasteiger partial charge is 0.411 e. The molecule has 0 unspecified atom stereocenters. The number of halogens is 5. The summed E-state index contributed by atoms with van der Waals surface area (Å²) in [5, 5.41) is 6.59. The molecule has 1 aliphatic heterocycles. The number of rotatable bonds is 6. The second-order valence-electron chi connectivity index (χ2n) is 11.1. The minimum absolute atomic E-state index is 0.0347. The molecule has 6 rings (SSSR count). The molecule has 3 aliphatic carbocycles. The maximum atomic E-state index is 14.2. The van der Waals surface area contributed by atoms with Gasteiger partial charge in [-0.1, -0.05) is 27.2 Å². The van der Waals surface area contributed by atoms with Gasteiger partial charge in [0.25, 0.3) is 5.89 Å². The molecule has 7 nitrogen and oxygen atoms in total. The number of amides is 1. The number of benzene rings is 1. The van der Waals surface area contributed by atoms with Crippen molar-refractivity contribution in [2.45, 2.75) is 75.0 Å². The fourth-order valence-electron chi connectivity index (χ4n) is 5.73. The molecule has 0 atom stereocenters. The van der Waals surface area contributed by atoms with Gasteiger partial charge in [0.15, 0.2) is 11.5 Å². The van der Waals surface area contributed by atoms with Gasteiger partial charge in [-0.2, -0.15) is 18.2 Å². The van der Waals surface area contributed by atoms with Gasteiger partial charge in [-0.15, -0.1) is 0 Å². The Labute approximate surface area is 219 Å².